The first kappa shape index (κ1) is 23.9. The standard InChI is InChI=1S/C24H27ClO8/c1-30-19-10-18(25)14(8-13-2-4-15(5-3-13)32-16-6-7-31-12-16)9-17(19)24-23(29)22(28)21(27)20(11-26)33-24/h2-5,9-10,16,20-21,23-24,26-27,29H,6-8,11-12H2,1H3/t16-,20+,21-,23?,24-/m0/s1. The Balaban J connectivity index is 1.57. The van der Waals surface area contributed by atoms with Crippen LogP contribution in [0.4, 0.5) is 0 Å². The van der Waals surface area contributed by atoms with E-state index in [1.165, 1.54) is 7.11 Å². The second kappa shape index (κ2) is 10.4. The molecule has 0 aromatic heterocycles. The Labute approximate surface area is 196 Å². The van der Waals surface area contributed by atoms with E-state index in [0.717, 1.165) is 23.3 Å². The van der Waals surface area contributed by atoms with Crippen LogP contribution in [-0.4, -0.2) is 72.4 Å². The summed E-state index contributed by atoms with van der Waals surface area (Å²) in [5.41, 5.74) is 2.12. The van der Waals surface area contributed by atoms with Crippen LogP contribution in [0.2, 0.25) is 5.02 Å². The number of hydrogen-bond acceptors (Lipinski definition) is 8. The van der Waals surface area contributed by atoms with Crippen molar-refractivity contribution in [2.24, 2.45) is 0 Å². The number of Topliss-reactive ketones (excluding diaryl/α,β-unsaturated/α-hetero) is 1. The molecule has 2 fully saturated rings. The van der Waals surface area contributed by atoms with Crippen LogP contribution in [0.15, 0.2) is 36.4 Å². The number of ether oxygens (including phenoxy) is 4. The maximum Gasteiger partial charge on any atom is 0.195 e. The van der Waals surface area contributed by atoms with Crippen LogP contribution in [0.25, 0.3) is 0 Å². The van der Waals surface area contributed by atoms with Crippen molar-refractivity contribution in [1.82, 2.24) is 0 Å². The lowest BCUT2D eigenvalue weighted by atomic mass is 9.90. The van der Waals surface area contributed by atoms with Crippen molar-refractivity contribution in [2.75, 3.05) is 26.9 Å². The van der Waals surface area contributed by atoms with Gasteiger partial charge in [0, 0.05) is 17.0 Å². The zero-order chi connectivity index (χ0) is 23.5. The van der Waals surface area contributed by atoms with Crippen molar-refractivity contribution >= 4 is 17.4 Å². The summed E-state index contributed by atoms with van der Waals surface area (Å²) in [7, 11) is 1.44. The second-order valence-corrected chi connectivity index (χ2v) is 8.59. The lowest BCUT2D eigenvalue weighted by Gasteiger charge is -2.36. The molecular weight excluding hydrogens is 452 g/mol. The third-order valence-corrected chi connectivity index (χ3v) is 6.29. The van der Waals surface area contributed by atoms with Crippen LogP contribution in [-0.2, 0) is 20.7 Å². The van der Waals surface area contributed by atoms with E-state index in [-0.39, 0.29) is 6.10 Å². The van der Waals surface area contributed by atoms with Crippen LogP contribution < -0.4 is 9.47 Å². The summed E-state index contributed by atoms with van der Waals surface area (Å²) >= 11 is 6.49. The van der Waals surface area contributed by atoms with Gasteiger partial charge < -0.3 is 34.3 Å². The van der Waals surface area contributed by atoms with Gasteiger partial charge in [0.25, 0.3) is 0 Å². The first-order valence-electron chi connectivity index (χ1n) is 10.8. The molecule has 0 amide bonds. The van der Waals surface area contributed by atoms with Gasteiger partial charge in [0.05, 0.1) is 26.9 Å². The van der Waals surface area contributed by atoms with E-state index in [4.69, 9.17) is 30.5 Å². The van der Waals surface area contributed by atoms with Crippen molar-refractivity contribution in [3.63, 3.8) is 0 Å². The largest absolute Gasteiger partial charge is 0.496 e. The molecule has 1 unspecified atom stereocenters. The van der Waals surface area contributed by atoms with Crippen LogP contribution in [0.5, 0.6) is 11.5 Å². The average molecular weight is 479 g/mol. The van der Waals surface area contributed by atoms with Gasteiger partial charge >= 0.3 is 0 Å². The number of hydrogen-bond donors (Lipinski definition) is 3. The number of ketones is 1. The van der Waals surface area contributed by atoms with E-state index in [1.54, 1.807) is 12.1 Å². The molecule has 2 heterocycles. The summed E-state index contributed by atoms with van der Waals surface area (Å²) in [6.07, 6.45) is -4.05. The predicted molar refractivity (Wildman–Crippen MR) is 119 cm³/mol. The van der Waals surface area contributed by atoms with Crippen molar-refractivity contribution in [1.29, 1.82) is 0 Å². The fourth-order valence-electron chi connectivity index (χ4n) is 4.09. The van der Waals surface area contributed by atoms with Crippen molar-refractivity contribution in [2.45, 2.75) is 43.4 Å². The highest BCUT2D eigenvalue weighted by molar-refractivity contribution is 6.31. The number of aliphatic hydroxyl groups excluding tert-OH is 3. The van der Waals surface area contributed by atoms with E-state index in [0.29, 0.717) is 36.0 Å². The molecular formula is C24H27ClO8. The Morgan fingerprint density at radius 3 is 2.55 bits per heavy atom. The number of rotatable bonds is 7. The minimum absolute atomic E-state index is 0.0698. The first-order chi connectivity index (χ1) is 15.9. The molecule has 2 aromatic rings. The Bertz CT molecular complexity index is 973. The number of methoxy groups -OCH3 is 1. The molecule has 5 atom stereocenters. The Hall–Kier alpha value is -2.20. The zero-order valence-corrected chi connectivity index (χ0v) is 18.9. The number of carbonyl (C=O) groups excluding carboxylic acids is 1. The maximum atomic E-state index is 12.3. The van der Waals surface area contributed by atoms with E-state index in [9.17, 15) is 20.1 Å². The number of carbonyl (C=O) groups is 1. The molecule has 3 N–H and O–H groups in total. The highest BCUT2D eigenvalue weighted by atomic mass is 35.5. The van der Waals surface area contributed by atoms with E-state index >= 15 is 0 Å². The first-order valence-corrected chi connectivity index (χ1v) is 11.1. The van der Waals surface area contributed by atoms with Gasteiger partial charge in [0.2, 0.25) is 0 Å². The van der Waals surface area contributed by atoms with E-state index < -0.39 is 36.8 Å². The van der Waals surface area contributed by atoms with Gasteiger partial charge in [0.15, 0.2) is 5.78 Å². The zero-order valence-electron chi connectivity index (χ0n) is 18.1. The van der Waals surface area contributed by atoms with Gasteiger partial charge in [-0.25, -0.2) is 0 Å². The minimum atomic E-state index is -1.61. The van der Waals surface area contributed by atoms with Gasteiger partial charge in [-0.1, -0.05) is 23.7 Å². The molecule has 0 radical (unpaired) electrons. The lowest BCUT2D eigenvalue weighted by molar-refractivity contribution is -0.189. The smallest absolute Gasteiger partial charge is 0.195 e. The molecule has 2 aromatic carbocycles. The SMILES string of the molecule is COc1cc(Cl)c(Cc2ccc(O[C@H]3CCOC3)cc2)cc1[C@@H]1O[C@H](CO)[C@H](O)C(=O)C1O. The Morgan fingerprint density at radius 1 is 1.15 bits per heavy atom. The highest BCUT2D eigenvalue weighted by Crippen LogP contribution is 2.39. The van der Waals surface area contributed by atoms with Crippen LogP contribution >= 0.6 is 11.6 Å². The molecule has 0 saturated carbocycles. The number of benzene rings is 2. The van der Waals surface area contributed by atoms with Gasteiger partial charge in [-0.15, -0.1) is 0 Å². The van der Waals surface area contributed by atoms with Gasteiger partial charge in [-0.05, 0) is 41.8 Å². The van der Waals surface area contributed by atoms with Gasteiger partial charge in [-0.3, -0.25) is 4.79 Å². The van der Waals surface area contributed by atoms with E-state index in [1.807, 2.05) is 24.3 Å². The molecule has 178 valence electrons. The van der Waals surface area contributed by atoms with Crippen LogP contribution in [0.1, 0.15) is 29.2 Å². The Morgan fingerprint density at radius 2 is 1.91 bits per heavy atom. The number of halogens is 1. The van der Waals surface area contributed by atoms with Crippen LogP contribution in [0.3, 0.4) is 0 Å². The third kappa shape index (κ3) is 5.16. The summed E-state index contributed by atoms with van der Waals surface area (Å²) in [5.74, 6) is 0.282. The molecule has 0 bridgehead atoms. The predicted octanol–water partition coefficient (Wildman–Crippen LogP) is 1.83. The van der Waals surface area contributed by atoms with Crippen LogP contribution in [0, 0.1) is 0 Å². The molecule has 0 aliphatic carbocycles. The van der Waals surface area contributed by atoms with Gasteiger partial charge in [-0.2, -0.15) is 0 Å². The maximum absolute atomic E-state index is 12.3. The average Bonchev–Trinajstić information content (AvgIpc) is 3.33. The van der Waals surface area contributed by atoms with Crippen molar-refractivity contribution in [3.8, 4) is 11.5 Å². The molecule has 2 aliphatic heterocycles. The van der Waals surface area contributed by atoms with Crippen molar-refractivity contribution < 1.29 is 39.1 Å². The molecule has 2 aliphatic rings. The fraction of sp³-hybridized carbons (Fsp3) is 0.458. The molecule has 2 saturated heterocycles. The summed E-state index contributed by atoms with van der Waals surface area (Å²) in [4.78, 5) is 12.3. The molecule has 9 heteroatoms. The number of aliphatic hydroxyl groups is 3. The molecule has 8 nitrogen and oxygen atoms in total. The third-order valence-electron chi connectivity index (χ3n) is 5.94. The minimum Gasteiger partial charge on any atom is -0.496 e. The van der Waals surface area contributed by atoms with E-state index in [2.05, 4.69) is 0 Å². The molecule has 33 heavy (non-hydrogen) atoms. The summed E-state index contributed by atoms with van der Waals surface area (Å²) in [5, 5.41) is 30.3. The topological polar surface area (TPSA) is 115 Å². The fourth-order valence-corrected chi connectivity index (χ4v) is 4.31. The summed E-state index contributed by atoms with van der Waals surface area (Å²) in [6, 6.07) is 11.0. The molecule has 4 rings (SSSR count). The molecule has 0 spiro atoms. The van der Waals surface area contributed by atoms with Crippen molar-refractivity contribution in [3.05, 3.63) is 58.1 Å². The normalized spacial score (nSPS) is 27.5. The summed E-state index contributed by atoms with van der Waals surface area (Å²) < 4.78 is 22.3. The highest BCUT2D eigenvalue weighted by Gasteiger charge is 2.44. The summed E-state index contributed by atoms with van der Waals surface area (Å²) in [6.45, 7) is 0.738. The second-order valence-electron chi connectivity index (χ2n) is 8.18. The lowest BCUT2D eigenvalue weighted by Crippen LogP contribution is -2.52. The Kier molecular flexibility index (Phi) is 7.53. The monoisotopic (exact) mass is 478 g/mol. The quantitative estimate of drug-likeness (QED) is 0.552. The van der Waals surface area contributed by atoms with Gasteiger partial charge in [0.1, 0.15) is 42.0 Å².